The van der Waals surface area contributed by atoms with Gasteiger partial charge in [-0.2, -0.15) is 0 Å². The van der Waals surface area contributed by atoms with Gasteiger partial charge in [-0.1, -0.05) is 47.5 Å². The van der Waals surface area contributed by atoms with Crippen molar-refractivity contribution in [2.75, 3.05) is 0 Å². The van der Waals surface area contributed by atoms with E-state index >= 15 is 0 Å². The molecule has 0 spiro atoms. The molecule has 0 radical (unpaired) electrons. The Labute approximate surface area is 163 Å². The highest BCUT2D eigenvalue weighted by molar-refractivity contribution is 7.84. The molecular weight excluding hydrogens is 393 g/mol. The number of halogens is 2. The average Bonchev–Trinajstić information content (AvgIpc) is 3.08. The highest BCUT2D eigenvalue weighted by atomic mass is 35.5. The lowest BCUT2D eigenvalue weighted by atomic mass is 10.2. The first-order valence-electron chi connectivity index (χ1n) is 7.77. The molecule has 0 aliphatic rings. The van der Waals surface area contributed by atoms with Crippen molar-refractivity contribution in [1.82, 2.24) is 5.32 Å². The molecule has 0 saturated heterocycles. The fourth-order valence-corrected chi connectivity index (χ4v) is 4.02. The normalized spacial score (nSPS) is 11.9. The summed E-state index contributed by atoms with van der Waals surface area (Å²) in [4.78, 5) is 12.7. The maximum absolute atomic E-state index is 12.4. The topological polar surface area (TPSA) is 59.3 Å². The van der Waals surface area contributed by atoms with Crippen LogP contribution in [0.25, 0.3) is 0 Å². The van der Waals surface area contributed by atoms with Gasteiger partial charge in [-0.15, -0.1) is 0 Å². The Morgan fingerprint density at radius 2 is 1.85 bits per heavy atom. The molecule has 0 aliphatic heterocycles. The van der Waals surface area contributed by atoms with Crippen molar-refractivity contribution in [3.8, 4) is 0 Å². The van der Waals surface area contributed by atoms with E-state index in [-0.39, 0.29) is 17.4 Å². The molecule has 1 heterocycles. The second-order valence-corrected chi connectivity index (χ2v) is 7.76. The van der Waals surface area contributed by atoms with Crippen molar-refractivity contribution < 1.29 is 13.4 Å². The minimum Gasteiger partial charge on any atom is -0.455 e. The van der Waals surface area contributed by atoms with Crippen LogP contribution < -0.4 is 5.32 Å². The Kier molecular flexibility index (Phi) is 6.14. The van der Waals surface area contributed by atoms with Crippen molar-refractivity contribution in [3.05, 3.63) is 87.8 Å². The van der Waals surface area contributed by atoms with Gasteiger partial charge in [0, 0.05) is 11.6 Å². The zero-order valence-electron chi connectivity index (χ0n) is 13.6. The van der Waals surface area contributed by atoms with Gasteiger partial charge >= 0.3 is 0 Å². The number of carbonyl (C=O) groups excluding carboxylic acids is 1. The summed E-state index contributed by atoms with van der Waals surface area (Å²) in [5.74, 6) is 0.416. The van der Waals surface area contributed by atoms with E-state index < -0.39 is 10.8 Å². The molecular formula is C19H15Cl2NO3S. The quantitative estimate of drug-likeness (QED) is 0.636. The van der Waals surface area contributed by atoms with Crippen molar-refractivity contribution in [1.29, 1.82) is 0 Å². The lowest BCUT2D eigenvalue weighted by Gasteiger charge is -2.04. The van der Waals surface area contributed by atoms with Crippen LogP contribution in [-0.4, -0.2) is 10.1 Å². The van der Waals surface area contributed by atoms with Crippen LogP contribution in [0.4, 0.5) is 0 Å². The van der Waals surface area contributed by atoms with Gasteiger partial charge < -0.3 is 9.73 Å². The number of carbonyl (C=O) groups is 1. The number of furan rings is 1. The van der Waals surface area contributed by atoms with Crippen LogP contribution in [0.1, 0.15) is 21.9 Å². The van der Waals surface area contributed by atoms with E-state index in [2.05, 4.69) is 5.32 Å². The van der Waals surface area contributed by atoms with Crippen LogP contribution in [0.2, 0.25) is 10.0 Å². The van der Waals surface area contributed by atoms with Crippen molar-refractivity contribution >= 4 is 39.9 Å². The first-order valence-corrected chi connectivity index (χ1v) is 9.84. The third-order valence-electron chi connectivity index (χ3n) is 3.58. The Morgan fingerprint density at radius 3 is 2.62 bits per heavy atom. The predicted octanol–water partition coefficient (Wildman–Crippen LogP) is 4.82. The van der Waals surface area contributed by atoms with Crippen LogP contribution in [0.5, 0.6) is 0 Å². The summed E-state index contributed by atoms with van der Waals surface area (Å²) in [5.41, 5.74) is 0.887. The van der Waals surface area contributed by atoms with Gasteiger partial charge in [-0.25, -0.2) is 0 Å². The van der Waals surface area contributed by atoms with Gasteiger partial charge in [-0.3, -0.25) is 9.00 Å². The summed E-state index contributed by atoms with van der Waals surface area (Å²) in [7, 11) is -1.35. The second kappa shape index (κ2) is 8.54. The molecule has 3 rings (SSSR count). The smallest absolute Gasteiger partial charge is 0.287 e. The van der Waals surface area contributed by atoms with E-state index in [0.29, 0.717) is 27.2 Å². The molecule has 4 nitrogen and oxygen atoms in total. The summed E-state index contributed by atoms with van der Waals surface area (Å²) in [6.07, 6.45) is 0. The van der Waals surface area contributed by atoms with Crippen molar-refractivity contribution in [3.63, 3.8) is 0 Å². The Balaban J connectivity index is 1.61. The molecule has 2 aromatic carbocycles. The highest BCUT2D eigenvalue weighted by Gasteiger charge is 2.15. The van der Waals surface area contributed by atoms with E-state index in [0.717, 1.165) is 5.56 Å². The van der Waals surface area contributed by atoms with Crippen LogP contribution in [0.3, 0.4) is 0 Å². The summed E-state index contributed by atoms with van der Waals surface area (Å²) in [5, 5.41) is 3.81. The Bertz CT molecular complexity index is 955. The van der Waals surface area contributed by atoms with Crippen molar-refractivity contribution in [2.45, 2.75) is 17.2 Å². The average molecular weight is 408 g/mol. The number of nitrogens with one attached hydrogen (secondary N) is 1. The SMILES string of the molecule is O=C(NCc1cccc(Cl)c1)c1ccc(C[S@](=O)c2ccccc2Cl)o1. The van der Waals surface area contributed by atoms with E-state index in [1.54, 1.807) is 48.5 Å². The first kappa shape index (κ1) is 18.7. The molecule has 0 bridgehead atoms. The number of benzene rings is 2. The van der Waals surface area contributed by atoms with Crippen LogP contribution in [0.15, 0.2) is 70.0 Å². The van der Waals surface area contributed by atoms with Gasteiger partial charge in [0.15, 0.2) is 5.76 Å². The number of amides is 1. The van der Waals surface area contributed by atoms with E-state index in [9.17, 15) is 9.00 Å². The molecule has 1 amide bonds. The summed E-state index contributed by atoms with van der Waals surface area (Å²) in [6.45, 7) is 0.334. The van der Waals surface area contributed by atoms with Gasteiger partial charge in [0.05, 0.1) is 26.5 Å². The van der Waals surface area contributed by atoms with E-state index in [4.69, 9.17) is 27.6 Å². The standard InChI is InChI=1S/C19H15Cl2NO3S/c20-14-5-3-4-13(10-14)11-22-19(23)17-9-8-15(25-17)12-26(24)18-7-2-1-6-16(18)21/h1-10H,11-12H2,(H,22,23)/t26-/m0/s1. The maximum Gasteiger partial charge on any atom is 0.287 e. The number of hydrogen-bond donors (Lipinski definition) is 1. The first-order chi connectivity index (χ1) is 12.5. The second-order valence-electron chi connectivity index (χ2n) is 5.50. The van der Waals surface area contributed by atoms with Crippen LogP contribution >= 0.6 is 23.2 Å². The molecule has 26 heavy (non-hydrogen) atoms. The van der Waals surface area contributed by atoms with Crippen molar-refractivity contribution in [2.24, 2.45) is 0 Å². The predicted molar refractivity (Wildman–Crippen MR) is 103 cm³/mol. The monoisotopic (exact) mass is 407 g/mol. The molecule has 0 unspecified atom stereocenters. The van der Waals surface area contributed by atoms with Gasteiger partial charge in [-0.05, 0) is 42.0 Å². The van der Waals surface area contributed by atoms with E-state index in [1.807, 2.05) is 12.1 Å². The molecule has 0 aliphatic carbocycles. The van der Waals surface area contributed by atoms with Crippen LogP contribution in [-0.2, 0) is 23.1 Å². The Hall–Kier alpha value is -2.08. The zero-order valence-corrected chi connectivity index (χ0v) is 15.9. The fraction of sp³-hybridized carbons (Fsp3) is 0.105. The Morgan fingerprint density at radius 1 is 1.04 bits per heavy atom. The van der Waals surface area contributed by atoms with Gasteiger partial charge in [0.2, 0.25) is 0 Å². The zero-order chi connectivity index (χ0) is 18.5. The molecule has 1 aromatic heterocycles. The number of rotatable bonds is 6. The maximum atomic E-state index is 12.4. The summed E-state index contributed by atoms with van der Waals surface area (Å²) in [6, 6.07) is 17.4. The minimum atomic E-state index is -1.35. The molecule has 1 atom stereocenters. The number of hydrogen-bond acceptors (Lipinski definition) is 3. The lowest BCUT2D eigenvalue weighted by molar-refractivity contribution is 0.0921. The highest BCUT2D eigenvalue weighted by Crippen LogP contribution is 2.22. The van der Waals surface area contributed by atoms with E-state index in [1.165, 1.54) is 0 Å². The van der Waals surface area contributed by atoms with Gasteiger partial charge in [0.1, 0.15) is 5.76 Å². The lowest BCUT2D eigenvalue weighted by Crippen LogP contribution is -2.22. The fourth-order valence-electron chi connectivity index (χ4n) is 2.33. The molecule has 0 saturated carbocycles. The molecule has 0 fully saturated rings. The van der Waals surface area contributed by atoms with Crippen LogP contribution in [0, 0.1) is 0 Å². The molecule has 1 N–H and O–H groups in total. The largest absolute Gasteiger partial charge is 0.455 e. The third kappa shape index (κ3) is 4.75. The van der Waals surface area contributed by atoms with Gasteiger partial charge in [0.25, 0.3) is 5.91 Å². The molecule has 134 valence electrons. The summed E-state index contributed by atoms with van der Waals surface area (Å²) < 4.78 is 17.9. The molecule has 7 heteroatoms. The third-order valence-corrected chi connectivity index (χ3v) is 5.65. The minimum absolute atomic E-state index is 0.144. The summed E-state index contributed by atoms with van der Waals surface area (Å²) >= 11 is 12.0. The molecule has 3 aromatic rings.